The Balaban J connectivity index is 2.53. The van der Waals surface area contributed by atoms with Gasteiger partial charge in [-0.2, -0.15) is 0 Å². The topological polar surface area (TPSA) is 43.1 Å². The van der Waals surface area contributed by atoms with Gasteiger partial charge in [-0.05, 0) is 41.1 Å². The highest BCUT2D eigenvalue weighted by molar-refractivity contribution is 6.10. The predicted molar refractivity (Wildman–Crippen MR) is 69.8 cm³/mol. The van der Waals surface area contributed by atoms with E-state index in [9.17, 15) is 18.0 Å². The number of carbonyl (C=O) groups is 1. The van der Waals surface area contributed by atoms with E-state index in [2.05, 4.69) is 0 Å². The molecular weight excluding hydrogens is 267 g/mol. The number of benzene rings is 3. The molecule has 0 aromatic heterocycles. The van der Waals surface area contributed by atoms with Crippen molar-refractivity contribution in [2.75, 3.05) is 0 Å². The average molecular weight is 275 g/mol. The van der Waals surface area contributed by atoms with Gasteiger partial charge >= 0.3 is 0 Å². The van der Waals surface area contributed by atoms with Gasteiger partial charge in [-0.3, -0.25) is 4.79 Å². The number of hydrogen-bond donors (Lipinski definition) is 1. The lowest BCUT2D eigenvalue weighted by Gasteiger charge is -2.08. The zero-order valence-corrected chi connectivity index (χ0v) is 10.1. The normalized spacial score (nSPS) is 11.2. The Bertz CT molecular complexity index is 874. The van der Waals surface area contributed by atoms with Crippen LogP contribution in [0.3, 0.4) is 0 Å². The Morgan fingerprint density at radius 3 is 2.25 bits per heavy atom. The van der Waals surface area contributed by atoms with Gasteiger partial charge in [-0.1, -0.05) is 6.07 Å². The first-order chi connectivity index (χ1) is 9.49. The summed E-state index contributed by atoms with van der Waals surface area (Å²) in [5.74, 6) is -3.40. The molecular formula is C15H8F3NO. The molecule has 2 nitrogen and oxygen atoms in total. The van der Waals surface area contributed by atoms with Crippen molar-refractivity contribution in [3.63, 3.8) is 0 Å². The summed E-state index contributed by atoms with van der Waals surface area (Å²) in [5, 5.41) is 0.622. The summed E-state index contributed by atoms with van der Waals surface area (Å²) in [4.78, 5) is 11.3. The molecule has 0 fully saturated rings. The maximum atomic E-state index is 13.8. The zero-order chi connectivity index (χ0) is 14.4. The minimum atomic E-state index is -1.05. The standard InChI is InChI=1S/C15H8F3NO/c16-12-4-2-8(15(19)20)10-5-7-1-3-13(17)14(18)9(7)6-11(10)12/h1-6H,(H2,19,20). The first-order valence-corrected chi connectivity index (χ1v) is 5.79. The quantitative estimate of drug-likeness (QED) is 0.678. The van der Waals surface area contributed by atoms with Gasteiger partial charge in [-0.15, -0.1) is 0 Å². The van der Waals surface area contributed by atoms with Crippen molar-refractivity contribution in [3.05, 3.63) is 59.4 Å². The predicted octanol–water partition coefficient (Wildman–Crippen LogP) is 3.51. The lowest BCUT2D eigenvalue weighted by Crippen LogP contribution is -2.11. The Hall–Kier alpha value is -2.56. The van der Waals surface area contributed by atoms with Crippen molar-refractivity contribution in [2.45, 2.75) is 0 Å². The van der Waals surface area contributed by atoms with Crippen LogP contribution in [0, 0.1) is 17.5 Å². The van der Waals surface area contributed by atoms with Crippen LogP contribution in [0.1, 0.15) is 10.4 Å². The average Bonchev–Trinajstić information content (AvgIpc) is 2.42. The number of amides is 1. The molecule has 0 radical (unpaired) electrons. The first kappa shape index (κ1) is 12.5. The van der Waals surface area contributed by atoms with Gasteiger partial charge < -0.3 is 5.73 Å². The lowest BCUT2D eigenvalue weighted by molar-refractivity contribution is 0.100. The fourth-order valence-corrected chi connectivity index (χ4v) is 2.28. The molecule has 0 saturated heterocycles. The first-order valence-electron chi connectivity index (χ1n) is 5.79. The lowest BCUT2D eigenvalue weighted by atomic mass is 9.98. The summed E-state index contributed by atoms with van der Waals surface area (Å²) < 4.78 is 40.8. The fourth-order valence-electron chi connectivity index (χ4n) is 2.28. The van der Waals surface area contributed by atoms with Gasteiger partial charge in [0, 0.05) is 16.3 Å². The van der Waals surface area contributed by atoms with E-state index in [0.29, 0.717) is 5.39 Å². The maximum absolute atomic E-state index is 13.8. The summed E-state index contributed by atoms with van der Waals surface area (Å²) in [7, 11) is 0. The van der Waals surface area contributed by atoms with Crippen LogP contribution < -0.4 is 5.73 Å². The van der Waals surface area contributed by atoms with E-state index in [1.54, 1.807) is 0 Å². The second-order valence-electron chi connectivity index (χ2n) is 4.44. The van der Waals surface area contributed by atoms with Crippen LogP contribution in [0.25, 0.3) is 21.5 Å². The summed E-state index contributed by atoms with van der Waals surface area (Å²) in [6.45, 7) is 0. The van der Waals surface area contributed by atoms with Crippen LogP contribution in [0.4, 0.5) is 13.2 Å². The number of rotatable bonds is 1. The smallest absolute Gasteiger partial charge is 0.249 e. The highest BCUT2D eigenvalue weighted by Crippen LogP contribution is 2.29. The summed E-state index contributed by atoms with van der Waals surface area (Å²) in [5.41, 5.74) is 5.36. The van der Waals surface area contributed by atoms with Crippen LogP contribution >= 0.6 is 0 Å². The molecule has 3 aromatic rings. The number of primary amides is 1. The van der Waals surface area contributed by atoms with Gasteiger partial charge in [0.15, 0.2) is 11.6 Å². The van der Waals surface area contributed by atoms with Crippen LogP contribution in [-0.4, -0.2) is 5.91 Å². The van der Waals surface area contributed by atoms with E-state index in [4.69, 9.17) is 5.73 Å². The van der Waals surface area contributed by atoms with Crippen LogP contribution in [0.15, 0.2) is 36.4 Å². The van der Waals surface area contributed by atoms with Gasteiger partial charge in [0.25, 0.3) is 0 Å². The second kappa shape index (κ2) is 4.23. The van der Waals surface area contributed by atoms with Gasteiger partial charge in [-0.25, -0.2) is 13.2 Å². The molecule has 3 rings (SSSR count). The second-order valence-corrected chi connectivity index (χ2v) is 4.44. The summed E-state index contributed by atoms with van der Waals surface area (Å²) >= 11 is 0. The van der Waals surface area contributed by atoms with Crippen molar-refractivity contribution >= 4 is 27.5 Å². The third kappa shape index (κ3) is 1.71. The highest BCUT2D eigenvalue weighted by atomic mass is 19.2. The van der Waals surface area contributed by atoms with E-state index in [0.717, 1.165) is 12.1 Å². The van der Waals surface area contributed by atoms with Crippen molar-refractivity contribution in [2.24, 2.45) is 5.73 Å². The number of fused-ring (bicyclic) bond motifs is 2. The minimum Gasteiger partial charge on any atom is -0.366 e. The zero-order valence-electron chi connectivity index (χ0n) is 10.1. The molecule has 2 N–H and O–H groups in total. The molecule has 0 aliphatic heterocycles. The SMILES string of the molecule is NC(=O)c1ccc(F)c2cc3c(F)c(F)ccc3cc12. The minimum absolute atomic E-state index is 0.0262. The largest absolute Gasteiger partial charge is 0.366 e. The summed E-state index contributed by atoms with van der Waals surface area (Å²) in [6.07, 6.45) is 0. The number of nitrogens with two attached hydrogens (primary N) is 1. The molecule has 0 aliphatic rings. The monoisotopic (exact) mass is 275 g/mol. The Morgan fingerprint density at radius 1 is 0.850 bits per heavy atom. The third-order valence-electron chi connectivity index (χ3n) is 3.25. The van der Waals surface area contributed by atoms with E-state index < -0.39 is 23.4 Å². The Labute approximate surface area is 111 Å². The van der Waals surface area contributed by atoms with Crippen molar-refractivity contribution in [1.29, 1.82) is 0 Å². The molecule has 0 aliphatic carbocycles. The van der Waals surface area contributed by atoms with E-state index >= 15 is 0 Å². The highest BCUT2D eigenvalue weighted by Gasteiger charge is 2.14. The molecule has 0 spiro atoms. The molecule has 5 heteroatoms. The van der Waals surface area contributed by atoms with Crippen molar-refractivity contribution in [1.82, 2.24) is 0 Å². The van der Waals surface area contributed by atoms with Gasteiger partial charge in [0.05, 0.1) is 0 Å². The molecule has 1 amide bonds. The van der Waals surface area contributed by atoms with Gasteiger partial charge in [0.1, 0.15) is 5.82 Å². The van der Waals surface area contributed by atoms with Crippen molar-refractivity contribution in [3.8, 4) is 0 Å². The molecule has 0 atom stereocenters. The van der Waals surface area contributed by atoms with Crippen molar-refractivity contribution < 1.29 is 18.0 Å². The Kier molecular flexibility index (Phi) is 2.64. The molecule has 0 heterocycles. The van der Waals surface area contributed by atoms with Crippen LogP contribution in [-0.2, 0) is 0 Å². The van der Waals surface area contributed by atoms with Crippen LogP contribution in [0.5, 0.6) is 0 Å². The molecule has 0 bridgehead atoms. The number of halogens is 3. The van der Waals surface area contributed by atoms with E-state index in [1.807, 2.05) is 0 Å². The fraction of sp³-hybridized carbons (Fsp3) is 0. The van der Waals surface area contributed by atoms with E-state index in [-0.39, 0.29) is 21.7 Å². The van der Waals surface area contributed by atoms with E-state index in [1.165, 1.54) is 24.3 Å². The molecule has 0 unspecified atom stereocenters. The summed E-state index contributed by atoms with van der Waals surface area (Å²) in [6, 6.07) is 7.30. The molecule has 20 heavy (non-hydrogen) atoms. The maximum Gasteiger partial charge on any atom is 0.249 e. The molecule has 3 aromatic carbocycles. The third-order valence-corrected chi connectivity index (χ3v) is 3.25. The Morgan fingerprint density at radius 2 is 1.55 bits per heavy atom. The number of hydrogen-bond acceptors (Lipinski definition) is 1. The van der Waals surface area contributed by atoms with Crippen LogP contribution in [0.2, 0.25) is 0 Å². The molecule has 0 saturated carbocycles. The number of carbonyl (C=O) groups excluding carboxylic acids is 1. The van der Waals surface area contributed by atoms with Gasteiger partial charge in [0.2, 0.25) is 5.91 Å². The molecule has 100 valence electrons.